The summed E-state index contributed by atoms with van der Waals surface area (Å²) in [6.07, 6.45) is -0.136. The Morgan fingerprint density at radius 2 is 2.19 bits per heavy atom. The highest BCUT2D eigenvalue weighted by Gasteiger charge is 2.28. The van der Waals surface area contributed by atoms with Crippen molar-refractivity contribution in [2.45, 2.75) is 26.1 Å². The van der Waals surface area contributed by atoms with Gasteiger partial charge in [0.1, 0.15) is 18.2 Å². The molecule has 1 aromatic carbocycles. The van der Waals surface area contributed by atoms with Gasteiger partial charge in [-0.3, -0.25) is 4.79 Å². The minimum Gasteiger partial charge on any atom is -0.485 e. The monoisotopic (exact) mass is 373 g/mol. The molecule has 26 heavy (non-hydrogen) atoms. The summed E-state index contributed by atoms with van der Waals surface area (Å²) >= 11 is 1.34. The van der Waals surface area contributed by atoms with Crippen LogP contribution in [0.5, 0.6) is 11.5 Å². The number of nitrogens with zero attached hydrogens (tertiary/aromatic N) is 3. The number of ether oxygens (including phenoxy) is 3. The van der Waals surface area contributed by atoms with Gasteiger partial charge >= 0.3 is 5.97 Å². The fourth-order valence-corrected chi connectivity index (χ4v) is 3.34. The molecule has 0 saturated carbocycles. The lowest BCUT2D eigenvalue weighted by Crippen LogP contribution is -2.37. The van der Waals surface area contributed by atoms with Crippen molar-refractivity contribution in [3.8, 4) is 11.5 Å². The normalized spacial score (nSPS) is 15.8. The Morgan fingerprint density at radius 3 is 3.00 bits per heavy atom. The molecule has 0 spiro atoms. The van der Waals surface area contributed by atoms with Crippen LogP contribution in [0.1, 0.15) is 17.6 Å². The molecule has 3 heterocycles. The molecule has 0 saturated heterocycles. The van der Waals surface area contributed by atoms with E-state index in [0.717, 1.165) is 11.4 Å². The number of carbonyl (C=O) groups excluding carboxylic acids is 1. The summed E-state index contributed by atoms with van der Waals surface area (Å²) < 4.78 is 17.6. The average Bonchev–Trinajstić information content (AvgIpc) is 3.09. The quantitative estimate of drug-likeness (QED) is 0.641. The van der Waals surface area contributed by atoms with Gasteiger partial charge in [0.25, 0.3) is 5.56 Å². The number of carbonyl (C=O) groups is 1. The predicted octanol–water partition coefficient (Wildman–Crippen LogP) is 1.60. The zero-order valence-electron chi connectivity index (χ0n) is 13.9. The lowest BCUT2D eigenvalue weighted by molar-refractivity contribution is -0.156. The van der Waals surface area contributed by atoms with Gasteiger partial charge in [-0.25, -0.2) is 9.78 Å². The van der Waals surface area contributed by atoms with Gasteiger partial charge in [0.05, 0.1) is 5.69 Å². The number of aryl methyl sites for hydroxylation is 1. The van der Waals surface area contributed by atoms with Crippen molar-refractivity contribution in [1.29, 1.82) is 0 Å². The maximum absolute atomic E-state index is 12.2. The Morgan fingerprint density at radius 1 is 1.38 bits per heavy atom. The number of benzene rings is 1. The molecule has 8 nitrogen and oxygen atoms in total. The summed E-state index contributed by atoms with van der Waals surface area (Å²) in [6, 6.07) is 8.42. The van der Waals surface area contributed by atoms with Crippen molar-refractivity contribution in [2.24, 2.45) is 0 Å². The lowest BCUT2D eigenvalue weighted by atomic mass is 10.2. The molecule has 0 radical (unpaired) electrons. The van der Waals surface area contributed by atoms with Gasteiger partial charge in [-0.15, -0.1) is 0 Å². The molecule has 0 amide bonds. The first-order chi connectivity index (χ1) is 12.6. The van der Waals surface area contributed by atoms with Crippen molar-refractivity contribution >= 4 is 22.3 Å². The van der Waals surface area contributed by atoms with Crippen LogP contribution < -0.4 is 15.0 Å². The summed E-state index contributed by atoms with van der Waals surface area (Å²) in [7, 11) is 0. The van der Waals surface area contributed by atoms with Crippen LogP contribution >= 0.6 is 11.3 Å². The molecule has 1 aliphatic rings. The molecule has 1 atom stereocenters. The molecule has 3 aromatic rings. The van der Waals surface area contributed by atoms with Crippen molar-refractivity contribution in [2.75, 3.05) is 6.61 Å². The third-order valence-electron chi connectivity index (χ3n) is 3.78. The number of esters is 1. The Hall–Kier alpha value is -2.94. The second kappa shape index (κ2) is 6.75. The Kier molecular flexibility index (Phi) is 4.29. The fourth-order valence-electron chi connectivity index (χ4n) is 2.49. The third kappa shape index (κ3) is 3.13. The number of fused-ring (bicyclic) bond motifs is 2. The molecule has 0 bridgehead atoms. The van der Waals surface area contributed by atoms with Crippen molar-refractivity contribution in [3.05, 3.63) is 51.4 Å². The number of para-hydroxylation sites is 2. The molecule has 0 unspecified atom stereocenters. The van der Waals surface area contributed by atoms with E-state index < -0.39 is 12.1 Å². The highest BCUT2D eigenvalue weighted by atomic mass is 32.1. The van der Waals surface area contributed by atoms with Crippen LogP contribution in [0.2, 0.25) is 0 Å². The lowest BCUT2D eigenvalue weighted by Gasteiger charge is -2.24. The minimum absolute atomic E-state index is 0.0691. The second-order valence-electron chi connectivity index (χ2n) is 5.60. The maximum Gasteiger partial charge on any atom is 0.351 e. The number of hydrogen-bond donors (Lipinski definition) is 0. The van der Waals surface area contributed by atoms with Crippen LogP contribution in [0.3, 0.4) is 0 Å². The summed E-state index contributed by atoms with van der Waals surface area (Å²) in [5.74, 6) is 0.518. The van der Waals surface area contributed by atoms with Gasteiger partial charge in [0.15, 0.2) is 11.5 Å². The SMILES string of the molecule is CCc1nn2c(=O)cc(COC(=O)[C@@H]3COc4ccccc4O3)nc2s1. The van der Waals surface area contributed by atoms with E-state index >= 15 is 0 Å². The van der Waals surface area contributed by atoms with E-state index in [1.54, 1.807) is 18.2 Å². The largest absolute Gasteiger partial charge is 0.485 e. The molecule has 2 aromatic heterocycles. The number of rotatable bonds is 4. The van der Waals surface area contributed by atoms with Crippen molar-refractivity contribution in [1.82, 2.24) is 14.6 Å². The maximum atomic E-state index is 12.2. The van der Waals surface area contributed by atoms with Crippen LogP contribution in [-0.4, -0.2) is 33.3 Å². The topological polar surface area (TPSA) is 92.0 Å². The van der Waals surface area contributed by atoms with Gasteiger partial charge in [0, 0.05) is 6.07 Å². The summed E-state index contributed by atoms with van der Waals surface area (Å²) in [5, 5.41) is 4.99. The zero-order chi connectivity index (χ0) is 18.1. The molecule has 0 fully saturated rings. The van der Waals surface area contributed by atoms with E-state index in [0.29, 0.717) is 22.2 Å². The Labute approximate surface area is 152 Å². The summed E-state index contributed by atoms with van der Waals surface area (Å²) in [6.45, 7) is 1.90. The molecule has 4 rings (SSSR count). The van der Waals surface area contributed by atoms with E-state index in [4.69, 9.17) is 14.2 Å². The number of hydrogen-bond acceptors (Lipinski definition) is 8. The van der Waals surface area contributed by atoms with Crippen LogP contribution in [0, 0.1) is 0 Å². The van der Waals surface area contributed by atoms with Gasteiger partial charge in [0.2, 0.25) is 11.1 Å². The first-order valence-corrected chi connectivity index (χ1v) is 8.89. The number of aromatic nitrogens is 3. The van der Waals surface area contributed by atoms with Crippen LogP contribution in [0.25, 0.3) is 4.96 Å². The Bertz CT molecular complexity index is 1030. The highest BCUT2D eigenvalue weighted by molar-refractivity contribution is 7.16. The van der Waals surface area contributed by atoms with Gasteiger partial charge in [-0.1, -0.05) is 30.4 Å². The van der Waals surface area contributed by atoms with E-state index in [1.165, 1.54) is 21.9 Å². The van der Waals surface area contributed by atoms with E-state index in [1.807, 2.05) is 13.0 Å². The van der Waals surface area contributed by atoms with Gasteiger partial charge < -0.3 is 14.2 Å². The van der Waals surface area contributed by atoms with Gasteiger partial charge in [-0.2, -0.15) is 9.61 Å². The molecule has 0 aliphatic carbocycles. The summed E-state index contributed by atoms with van der Waals surface area (Å²) in [4.78, 5) is 29.1. The first kappa shape index (κ1) is 16.5. The highest BCUT2D eigenvalue weighted by Crippen LogP contribution is 2.31. The van der Waals surface area contributed by atoms with Gasteiger partial charge in [-0.05, 0) is 18.6 Å². The van der Waals surface area contributed by atoms with Crippen LogP contribution in [-0.2, 0) is 22.6 Å². The molecule has 1 aliphatic heterocycles. The molecule has 9 heteroatoms. The fraction of sp³-hybridized carbons (Fsp3) is 0.294. The predicted molar refractivity (Wildman–Crippen MR) is 92.7 cm³/mol. The van der Waals surface area contributed by atoms with E-state index in [9.17, 15) is 9.59 Å². The zero-order valence-corrected chi connectivity index (χ0v) is 14.7. The minimum atomic E-state index is -0.857. The molecule has 134 valence electrons. The third-order valence-corrected chi connectivity index (χ3v) is 4.83. The smallest absolute Gasteiger partial charge is 0.351 e. The summed E-state index contributed by atoms with van der Waals surface area (Å²) in [5.41, 5.74) is 0.0648. The van der Waals surface area contributed by atoms with E-state index in [-0.39, 0.29) is 18.8 Å². The average molecular weight is 373 g/mol. The Balaban J connectivity index is 1.45. The first-order valence-electron chi connectivity index (χ1n) is 8.08. The standard InChI is InChI=1S/C17H15N3O5S/c1-2-14-19-20-15(21)7-10(18-17(20)26-14)8-24-16(22)13-9-23-11-5-3-4-6-12(11)25-13/h3-7,13H,2,8-9H2,1H3/t13-/m0/s1. The van der Waals surface area contributed by atoms with E-state index in [2.05, 4.69) is 10.1 Å². The van der Waals surface area contributed by atoms with Crippen molar-refractivity contribution < 1.29 is 19.0 Å². The van der Waals surface area contributed by atoms with Crippen LogP contribution in [0.4, 0.5) is 0 Å². The molecule has 0 N–H and O–H groups in total. The van der Waals surface area contributed by atoms with Crippen LogP contribution in [0.15, 0.2) is 35.1 Å². The molecular formula is C17H15N3O5S. The molecular weight excluding hydrogens is 358 g/mol. The van der Waals surface area contributed by atoms with Crippen molar-refractivity contribution in [3.63, 3.8) is 0 Å². The second-order valence-corrected chi connectivity index (χ2v) is 6.64.